The first kappa shape index (κ1) is 20.1. The summed E-state index contributed by atoms with van der Waals surface area (Å²) in [4.78, 5) is 0. The number of hydrogen-bond donors (Lipinski definition) is 1. The second-order valence-corrected chi connectivity index (χ2v) is 7.09. The normalized spacial score (nSPS) is 13.9. The summed E-state index contributed by atoms with van der Waals surface area (Å²) in [5, 5.41) is 8.07. The lowest BCUT2D eigenvalue weighted by atomic mass is 10.0. The molecule has 5 nitrogen and oxygen atoms in total. The molecule has 1 aliphatic heterocycles. The van der Waals surface area contributed by atoms with Gasteiger partial charge in [-0.05, 0) is 55.7 Å². The van der Waals surface area contributed by atoms with Crippen molar-refractivity contribution in [3.8, 4) is 28.4 Å². The summed E-state index contributed by atoms with van der Waals surface area (Å²) in [6.45, 7) is 0.739. The molecule has 2 aromatic carbocycles. The van der Waals surface area contributed by atoms with Crippen molar-refractivity contribution in [2.45, 2.75) is 25.4 Å². The van der Waals surface area contributed by atoms with E-state index in [4.69, 9.17) is 14.6 Å². The lowest BCUT2D eigenvalue weighted by molar-refractivity contribution is -0.137. The summed E-state index contributed by atoms with van der Waals surface area (Å²) in [7, 11) is 3.13. The molecule has 4 rings (SSSR count). The van der Waals surface area contributed by atoms with E-state index in [0.717, 1.165) is 60.6 Å². The van der Waals surface area contributed by atoms with Gasteiger partial charge in [0.15, 0.2) is 11.5 Å². The third-order valence-corrected chi connectivity index (χ3v) is 5.20. The van der Waals surface area contributed by atoms with E-state index in [-0.39, 0.29) is 0 Å². The lowest BCUT2D eigenvalue weighted by Gasteiger charge is -2.12. The number of nitrogens with zero attached hydrogens (tertiary/aromatic N) is 2. The summed E-state index contributed by atoms with van der Waals surface area (Å²) in [5.74, 6) is 1.90. The van der Waals surface area contributed by atoms with Crippen molar-refractivity contribution in [1.82, 2.24) is 9.78 Å². The van der Waals surface area contributed by atoms with E-state index in [1.807, 2.05) is 12.1 Å². The second kappa shape index (κ2) is 7.93. The highest BCUT2D eigenvalue weighted by Gasteiger charge is 2.31. The van der Waals surface area contributed by atoms with Gasteiger partial charge in [-0.3, -0.25) is 0 Å². The van der Waals surface area contributed by atoms with E-state index in [1.165, 1.54) is 6.07 Å². The zero-order chi connectivity index (χ0) is 21.3. The van der Waals surface area contributed by atoms with Gasteiger partial charge in [-0.15, -0.1) is 0 Å². The molecule has 158 valence electrons. The van der Waals surface area contributed by atoms with Gasteiger partial charge in [0.05, 0.1) is 31.2 Å². The van der Waals surface area contributed by atoms with Crippen LogP contribution in [0.15, 0.2) is 42.5 Å². The first-order valence-electron chi connectivity index (χ1n) is 9.68. The molecule has 0 atom stereocenters. The number of benzene rings is 2. The number of ether oxygens (including phenoxy) is 2. The Morgan fingerprint density at radius 2 is 1.80 bits per heavy atom. The van der Waals surface area contributed by atoms with E-state index in [9.17, 15) is 13.2 Å². The first-order valence-corrected chi connectivity index (χ1v) is 9.68. The fraction of sp³-hybridized carbons (Fsp3) is 0.318. The summed E-state index contributed by atoms with van der Waals surface area (Å²) >= 11 is 0. The van der Waals surface area contributed by atoms with Crippen molar-refractivity contribution in [3.05, 3.63) is 53.6 Å². The van der Waals surface area contributed by atoms with Crippen LogP contribution in [0.3, 0.4) is 0 Å². The van der Waals surface area contributed by atoms with Gasteiger partial charge in [-0.25, -0.2) is 4.68 Å². The van der Waals surface area contributed by atoms with E-state index >= 15 is 0 Å². The smallest absolute Gasteiger partial charge is 0.416 e. The fourth-order valence-electron chi connectivity index (χ4n) is 3.72. The quantitative estimate of drug-likeness (QED) is 0.624. The largest absolute Gasteiger partial charge is 0.493 e. The highest BCUT2D eigenvalue weighted by Crippen LogP contribution is 2.38. The maximum atomic E-state index is 13.2. The molecule has 1 aliphatic rings. The second-order valence-electron chi connectivity index (χ2n) is 7.09. The van der Waals surface area contributed by atoms with Gasteiger partial charge in [0, 0.05) is 17.7 Å². The Morgan fingerprint density at radius 1 is 1.00 bits per heavy atom. The molecular weight excluding hydrogens is 395 g/mol. The lowest BCUT2D eigenvalue weighted by Crippen LogP contribution is -2.09. The van der Waals surface area contributed by atoms with Gasteiger partial charge in [-0.1, -0.05) is 6.07 Å². The van der Waals surface area contributed by atoms with Crippen molar-refractivity contribution in [2.75, 3.05) is 26.1 Å². The number of fused-ring (bicyclic) bond motifs is 1. The molecule has 2 heterocycles. The average Bonchev–Trinajstić information content (AvgIpc) is 2.93. The minimum Gasteiger partial charge on any atom is -0.493 e. The van der Waals surface area contributed by atoms with Gasteiger partial charge >= 0.3 is 6.18 Å². The Kier molecular flexibility index (Phi) is 5.32. The highest BCUT2D eigenvalue weighted by molar-refractivity contribution is 5.73. The molecule has 3 aromatic rings. The number of hydrogen-bond acceptors (Lipinski definition) is 4. The average molecular weight is 417 g/mol. The van der Waals surface area contributed by atoms with Gasteiger partial charge in [0.1, 0.15) is 5.82 Å². The maximum absolute atomic E-state index is 13.2. The van der Waals surface area contributed by atoms with Gasteiger partial charge in [-0.2, -0.15) is 18.3 Å². The van der Waals surface area contributed by atoms with E-state index in [0.29, 0.717) is 17.2 Å². The van der Waals surface area contributed by atoms with Crippen LogP contribution in [-0.2, 0) is 12.6 Å². The van der Waals surface area contributed by atoms with Crippen molar-refractivity contribution in [2.24, 2.45) is 0 Å². The molecule has 0 aliphatic carbocycles. The van der Waals surface area contributed by atoms with E-state index in [1.54, 1.807) is 31.0 Å². The molecule has 0 radical (unpaired) electrons. The molecular formula is C22H22F3N3O2. The number of methoxy groups -OCH3 is 2. The van der Waals surface area contributed by atoms with Crippen LogP contribution in [0.2, 0.25) is 0 Å². The molecule has 0 saturated heterocycles. The number of alkyl halides is 3. The van der Waals surface area contributed by atoms with Crippen LogP contribution < -0.4 is 14.8 Å². The van der Waals surface area contributed by atoms with Crippen LogP contribution >= 0.6 is 0 Å². The van der Waals surface area contributed by atoms with Gasteiger partial charge in [0.25, 0.3) is 0 Å². The molecule has 0 saturated carbocycles. The molecule has 0 bridgehead atoms. The topological polar surface area (TPSA) is 48.3 Å². The fourth-order valence-corrected chi connectivity index (χ4v) is 3.72. The zero-order valence-electron chi connectivity index (χ0n) is 16.7. The predicted octanol–water partition coefficient (Wildman–Crippen LogP) is 5.32. The third-order valence-electron chi connectivity index (χ3n) is 5.20. The third kappa shape index (κ3) is 3.69. The Morgan fingerprint density at radius 3 is 2.53 bits per heavy atom. The Hall–Kier alpha value is -3.16. The van der Waals surface area contributed by atoms with Crippen LogP contribution in [-0.4, -0.2) is 30.5 Å². The molecule has 30 heavy (non-hydrogen) atoms. The Balaban J connectivity index is 1.88. The van der Waals surface area contributed by atoms with Crippen molar-refractivity contribution >= 4 is 5.82 Å². The van der Waals surface area contributed by atoms with Crippen molar-refractivity contribution in [3.63, 3.8) is 0 Å². The molecule has 0 fully saturated rings. The van der Waals surface area contributed by atoms with E-state index in [2.05, 4.69) is 5.32 Å². The summed E-state index contributed by atoms with van der Waals surface area (Å²) < 4.78 is 52.0. The standard InChI is InChI=1S/C22H22F3N3O2/c1-29-18-10-9-14(12-19(18)30-2)20-17-8-3-4-11-26-21(17)28(27-20)16-7-5-6-15(13-16)22(23,24)25/h5-7,9-10,12-13,26H,3-4,8,11H2,1-2H3. The SMILES string of the molecule is COc1ccc(-c2nn(-c3cccc(C(F)(F)F)c3)c3c2CCCCN3)cc1OC. The molecule has 0 amide bonds. The van der Waals surface area contributed by atoms with Crippen LogP contribution in [0, 0.1) is 0 Å². The number of halogens is 3. The van der Waals surface area contributed by atoms with Crippen LogP contribution in [0.4, 0.5) is 19.0 Å². The maximum Gasteiger partial charge on any atom is 0.416 e. The van der Waals surface area contributed by atoms with Crippen LogP contribution in [0.5, 0.6) is 11.5 Å². The summed E-state index contributed by atoms with van der Waals surface area (Å²) in [5.41, 5.74) is 2.18. The number of nitrogens with one attached hydrogen (secondary N) is 1. The number of anilines is 1. The predicted molar refractivity (Wildman–Crippen MR) is 109 cm³/mol. The van der Waals surface area contributed by atoms with Crippen molar-refractivity contribution in [1.29, 1.82) is 0 Å². The summed E-state index contributed by atoms with van der Waals surface area (Å²) in [6.07, 6.45) is -1.69. The van der Waals surface area contributed by atoms with E-state index < -0.39 is 11.7 Å². The Labute approximate surface area is 172 Å². The molecule has 1 N–H and O–H groups in total. The minimum atomic E-state index is -4.42. The summed E-state index contributed by atoms with van der Waals surface area (Å²) in [6, 6.07) is 10.7. The monoisotopic (exact) mass is 417 g/mol. The molecule has 8 heteroatoms. The number of rotatable bonds is 4. The molecule has 0 spiro atoms. The Bertz CT molecular complexity index is 1060. The van der Waals surface area contributed by atoms with Crippen molar-refractivity contribution < 1.29 is 22.6 Å². The van der Waals surface area contributed by atoms with Gasteiger partial charge < -0.3 is 14.8 Å². The van der Waals surface area contributed by atoms with Crippen LogP contribution in [0.1, 0.15) is 24.0 Å². The zero-order valence-corrected chi connectivity index (χ0v) is 16.7. The minimum absolute atomic E-state index is 0.363. The van der Waals surface area contributed by atoms with Gasteiger partial charge in [0.2, 0.25) is 0 Å². The first-order chi connectivity index (χ1) is 14.4. The molecule has 1 aromatic heterocycles. The highest BCUT2D eigenvalue weighted by atomic mass is 19.4. The van der Waals surface area contributed by atoms with Crippen LogP contribution in [0.25, 0.3) is 16.9 Å². The number of aromatic nitrogens is 2. The molecule has 0 unspecified atom stereocenters.